The van der Waals surface area contributed by atoms with Crippen LogP contribution in [0.5, 0.6) is 5.75 Å². The van der Waals surface area contributed by atoms with Gasteiger partial charge in [0.25, 0.3) is 20.2 Å². The van der Waals surface area contributed by atoms with Gasteiger partial charge in [-0.05, 0) is 11.2 Å². The fourth-order valence-electron chi connectivity index (χ4n) is 1.90. The lowest BCUT2D eigenvalue weighted by molar-refractivity contribution is 0.468. The Labute approximate surface area is 118 Å². The Balaban J connectivity index is 3.24. The maximum atomic E-state index is 11.3. The molecule has 3 N–H and O–H groups in total. The largest absolute Gasteiger partial charge is 0.505 e. The van der Waals surface area contributed by atoms with Gasteiger partial charge in [-0.3, -0.25) is 9.11 Å². The van der Waals surface area contributed by atoms with E-state index in [9.17, 15) is 26.8 Å². The highest BCUT2D eigenvalue weighted by molar-refractivity contribution is 7.87. The van der Waals surface area contributed by atoms with Crippen molar-refractivity contribution in [3.8, 4) is 5.75 Å². The zero-order chi connectivity index (χ0) is 16.0. The van der Waals surface area contributed by atoms with Gasteiger partial charge in [0.05, 0.1) is 0 Å². The lowest BCUT2D eigenvalue weighted by Crippen LogP contribution is -2.05. The molecule has 0 atom stereocenters. The summed E-state index contributed by atoms with van der Waals surface area (Å²) in [6.07, 6.45) is 0. The van der Waals surface area contributed by atoms with Gasteiger partial charge >= 0.3 is 0 Å². The van der Waals surface area contributed by atoms with Gasteiger partial charge in [0.1, 0.15) is 15.5 Å². The van der Waals surface area contributed by atoms with E-state index >= 15 is 0 Å². The number of phenols is 1. The third-order valence-corrected chi connectivity index (χ3v) is 4.46. The number of hydrogen-bond donors (Lipinski definition) is 3. The highest BCUT2D eigenvalue weighted by Crippen LogP contribution is 2.41. The van der Waals surface area contributed by atoms with Crippen LogP contribution in [-0.4, -0.2) is 31.0 Å². The average molecular weight is 333 g/mol. The van der Waals surface area contributed by atoms with E-state index in [-0.39, 0.29) is 5.39 Å². The van der Waals surface area contributed by atoms with E-state index in [2.05, 4.69) is 5.18 Å². The molecule has 0 saturated heterocycles. The van der Waals surface area contributed by atoms with Gasteiger partial charge < -0.3 is 5.11 Å². The average Bonchev–Trinajstić information content (AvgIpc) is 2.34. The van der Waals surface area contributed by atoms with Gasteiger partial charge in [-0.2, -0.15) is 16.8 Å². The molecule has 0 fully saturated rings. The summed E-state index contributed by atoms with van der Waals surface area (Å²) >= 11 is 0. The fourth-order valence-corrected chi connectivity index (χ4v) is 3.43. The lowest BCUT2D eigenvalue weighted by Gasteiger charge is -2.10. The Hall–Kier alpha value is -2.08. The standard InChI is InChI=1S/C10H7NO8S2/c12-6-4-8(21(17,18)19)9-5(10(6)11-13)2-1-3-7(9)20(14,15)16/h1-4,12H,(H,14,15,16)(H,17,18,19). The molecule has 0 amide bonds. The van der Waals surface area contributed by atoms with E-state index in [0.29, 0.717) is 6.07 Å². The fraction of sp³-hybridized carbons (Fsp3) is 0. The zero-order valence-electron chi connectivity index (χ0n) is 9.96. The molecule has 112 valence electrons. The first-order valence-electron chi connectivity index (χ1n) is 5.14. The zero-order valence-corrected chi connectivity index (χ0v) is 11.6. The molecule has 9 nitrogen and oxygen atoms in total. The third kappa shape index (κ3) is 2.58. The minimum Gasteiger partial charge on any atom is -0.505 e. The van der Waals surface area contributed by atoms with Gasteiger partial charge in [-0.15, -0.1) is 4.91 Å². The van der Waals surface area contributed by atoms with Crippen LogP contribution in [0.2, 0.25) is 0 Å². The molecule has 0 saturated carbocycles. The van der Waals surface area contributed by atoms with Crippen molar-refractivity contribution < 1.29 is 31.0 Å². The van der Waals surface area contributed by atoms with Crippen LogP contribution in [0.3, 0.4) is 0 Å². The first-order valence-corrected chi connectivity index (χ1v) is 8.02. The van der Waals surface area contributed by atoms with Crippen LogP contribution in [0.4, 0.5) is 5.69 Å². The van der Waals surface area contributed by atoms with Gasteiger partial charge in [-0.1, -0.05) is 12.1 Å². The van der Waals surface area contributed by atoms with Crippen molar-refractivity contribution >= 4 is 36.7 Å². The molecule has 2 rings (SSSR count). The van der Waals surface area contributed by atoms with Crippen LogP contribution in [0.1, 0.15) is 0 Å². The van der Waals surface area contributed by atoms with Crippen LogP contribution in [0, 0.1) is 4.91 Å². The summed E-state index contributed by atoms with van der Waals surface area (Å²) < 4.78 is 63.6. The molecule has 0 aliphatic rings. The van der Waals surface area contributed by atoms with E-state index in [0.717, 1.165) is 18.2 Å². The lowest BCUT2D eigenvalue weighted by atomic mass is 10.1. The van der Waals surface area contributed by atoms with Gasteiger partial charge in [0.15, 0.2) is 5.69 Å². The molecular weight excluding hydrogens is 326 g/mol. The second-order valence-electron chi connectivity index (χ2n) is 3.96. The minimum atomic E-state index is -4.94. The third-order valence-electron chi connectivity index (χ3n) is 2.69. The number of phenolic OH excluding ortho intramolecular Hbond substituents is 1. The molecule has 0 heterocycles. The molecule has 2 aromatic rings. The van der Waals surface area contributed by atoms with Crippen LogP contribution in [-0.2, 0) is 20.2 Å². The van der Waals surface area contributed by atoms with Crippen LogP contribution in [0.25, 0.3) is 10.8 Å². The van der Waals surface area contributed by atoms with Crippen molar-refractivity contribution in [2.45, 2.75) is 9.79 Å². The quantitative estimate of drug-likeness (QED) is 0.562. The van der Waals surface area contributed by atoms with E-state index in [1.54, 1.807) is 0 Å². The molecule has 0 aliphatic heterocycles. The summed E-state index contributed by atoms with van der Waals surface area (Å²) in [5.41, 5.74) is -0.622. The summed E-state index contributed by atoms with van der Waals surface area (Å²) in [5.74, 6) is -0.863. The van der Waals surface area contributed by atoms with Crippen LogP contribution < -0.4 is 0 Å². The second-order valence-corrected chi connectivity index (χ2v) is 6.74. The van der Waals surface area contributed by atoms with Gasteiger partial charge in [0, 0.05) is 16.8 Å². The molecule has 0 aliphatic carbocycles. The van der Waals surface area contributed by atoms with Crippen molar-refractivity contribution in [1.82, 2.24) is 0 Å². The normalized spacial score (nSPS) is 12.5. The van der Waals surface area contributed by atoms with E-state index in [1.165, 1.54) is 0 Å². The molecular formula is C10H7NO8S2. The highest BCUT2D eigenvalue weighted by Gasteiger charge is 2.26. The topological polar surface area (TPSA) is 158 Å². The highest BCUT2D eigenvalue weighted by atomic mass is 32.2. The molecule has 0 spiro atoms. The number of hydrogen-bond acceptors (Lipinski definition) is 7. The summed E-state index contributed by atoms with van der Waals surface area (Å²) in [4.78, 5) is 8.90. The molecule has 11 heteroatoms. The van der Waals surface area contributed by atoms with Crippen molar-refractivity contribution in [3.63, 3.8) is 0 Å². The van der Waals surface area contributed by atoms with Crippen molar-refractivity contribution in [2.75, 3.05) is 0 Å². The maximum absolute atomic E-state index is 11.3. The number of nitroso groups, excluding NO2 is 1. The molecule has 0 aromatic heterocycles. The number of nitrogens with zero attached hydrogens (tertiary/aromatic N) is 1. The predicted octanol–water partition coefficient (Wildman–Crippen LogP) is 1.44. The van der Waals surface area contributed by atoms with Crippen molar-refractivity contribution in [2.24, 2.45) is 5.18 Å². The van der Waals surface area contributed by atoms with Crippen molar-refractivity contribution in [3.05, 3.63) is 29.2 Å². The summed E-state index contributed by atoms with van der Waals surface area (Å²) in [5, 5.41) is 11.1. The first-order chi connectivity index (χ1) is 9.57. The van der Waals surface area contributed by atoms with Gasteiger partial charge in [0.2, 0.25) is 0 Å². The summed E-state index contributed by atoms with van der Waals surface area (Å²) in [7, 11) is -9.79. The second kappa shape index (κ2) is 4.73. The molecule has 0 bridgehead atoms. The van der Waals surface area contributed by atoms with Crippen LogP contribution >= 0.6 is 0 Å². The molecule has 21 heavy (non-hydrogen) atoms. The Morgan fingerprint density at radius 1 is 0.952 bits per heavy atom. The predicted molar refractivity (Wildman–Crippen MR) is 70.7 cm³/mol. The molecule has 2 aromatic carbocycles. The summed E-state index contributed by atoms with van der Waals surface area (Å²) in [6.45, 7) is 0. The van der Waals surface area contributed by atoms with Gasteiger partial charge in [-0.25, -0.2) is 0 Å². The van der Waals surface area contributed by atoms with E-state index in [1.807, 2.05) is 0 Å². The van der Waals surface area contributed by atoms with Crippen LogP contribution in [0.15, 0.2) is 39.2 Å². The Morgan fingerprint density at radius 3 is 2.00 bits per heavy atom. The smallest absolute Gasteiger partial charge is 0.295 e. The Bertz CT molecular complexity index is 962. The number of aromatic hydroxyl groups is 1. The Kier molecular flexibility index (Phi) is 3.45. The number of benzene rings is 2. The SMILES string of the molecule is O=Nc1c(O)cc(S(=O)(=O)O)c2c(S(=O)(=O)O)cccc12. The molecule has 0 unspecified atom stereocenters. The number of rotatable bonds is 3. The summed E-state index contributed by atoms with van der Waals surface area (Å²) in [6, 6.07) is 3.56. The van der Waals surface area contributed by atoms with E-state index in [4.69, 9.17) is 9.11 Å². The maximum Gasteiger partial charge on any atom is 0.295 e. The number of fused-ring (bicyclic) bond motifs is 1. The molecule has 0 radical (unpaired) electrons. The Morgan fingerprint density at radius 2 is 1.52 bits per heavy atom. The van der Waals surface area contributed by atoms with Crippen molar-refractivity contribution in [1.29, 1.82) is 0 Å². The van der Waals surface area contributed by atoms with E-state index < -0.39 is 46.9 Å². The monoisotopic (exact) mass is 333 g/mol. The first kappa shape index (κ1) is 15.3. The minimum absolute atomic E-state index is 0.354.